The SMILES string of the molecule is CC(NC(=O)Cn1nnc(-c2cccs2)n1)c1ccco1. The van der Waals surface area contributed by atoms with Crippen LogP contribution in [0.4, 0.5) is 0 Å². The van der Waals surface area contributed by atoms with Crippen LogP contribution in [0.2, 0.25) is 0 Å². The maximum Gasteiger partial charge on any atom is 0.244 e. The molecule has 0 aliphatic carbocycles. The van der Waals surface area contributed by atoms with Crippen molar-refractivity contribution in [1.82, 2.24) is 25.5 Å². The minimum Gasteiger partial charge on any atom is -0.467 e. The lowest BCUT2D eigenvalue weighted by Crippen LogP contribution is -2.30. The second kappa shape index (κ2) is 5.88. The summed E-state index contributed by atoms with van der Waals surface area (Å²) in [6.45, 7) is 1.87. The largest absolute Gasteiger partial charge is 0.467 e. The third-order valence-corrected chi connectivity index (χ3v) is 3.69. The Labute approximate surface area is 124 Å². The Bertz CT molecular complexity index is 705. The van der Waals surface area contributed by atoms with Crippen LogP contribution < -0.4 is 5.32 Å². The summed E-state index contributed by atoms with van der Waals surface area (Å²) in [5, 5.41) is 16.8. The van der Waals surface area contributed by atoms with Gasteiger partial charge in [-0.15, -0.1) is 21.5 Å². The quantitative estimate of drug-likeness (QED) is 0.777. The number of nitrogens with zero attached hydrogens (tertiary/aromatic N) is 4. The van der Waals surface area contributed by atoms with Gasteiger partial charge in [-0.3, -0.25) is 4.79 Å². The van der Waals surface area contributed by atoms with E-state index in [0.29, 0.717) is 11.6 Å². The van der Waals surface area contributed by atoms with E-state index in [2.05, 4.69) is 20.7 Å². The molecule has 0 aromatic carbocycles. The van der Waals surface area contributed by atoms with Crippen molar-refractivity contribution in [2.24, 2.45) is 0 Å². The number of carbonyl (C=O) groups is 1. The third kappa shape index (κ3) is 3.16. The Kier molecular flexibility index (Phi) is 3.78. The number of carbonyl (C=O) groups excluding carboxylic acids is 1. The monoisotopic (exact) mass is 303 g/mol. The number of tetrazole rings is 1. The molecule has 3 heterocycles. The molecule has 0 spiro atoms. The van der Waals surface area contributed by atoms with Crippen molar-refractivity contribution in [2.45, 2.75) is 19.5 Å². The first-order valence-electron chi connectivity index (χ1n) is 6.37. The van der Waals surface area contributed by atoms with Crippen molar-refractivity contribution in [3.63, 3.8) is 0 Å². The van der Waals surface area contributed by atoms with Crippen LogP contribution in [0.5, 0.6) is 0 Å². The third-order valence-electron chi connectivity index (χ3n) is 2.83. The van der Waals surface area contributed by atoms with E-state index < -0.39 is 0 Å². The molecule has 21 heavy (non-hydrogen) atoms. The van der Waals surface area contributed by atoms with Crippen molar-refractivity contribution in [2.75, 3.05) is 0 Å². The molecular weight excluding hydrogens is 290 g/mol. The van der Waals surface area contributed by atoms with Gasteiger partial charge >= 0.3 is 0 Å². The molecule has 0 saturated carbocycles. The number of amides is 1. The molecule has 0 bridgehead atoms. The summed E-state index contributed by atoms with van der Waals surface area (Å²) in [4.78, 5) is 14.1. The van der Waals surface area contributed by atoms with E-state index in [4.69, 9.17) is 4.42 Å². The smallest absolute Gasteiger partial charge is 0.244 e. The predicted molar refractivity (Wildman–Crippen MR) is 76.4 cm³/mol. The Morgan fingerprint density at radius 2 is 2.38 bits per heavy atom. The Balaban J connectivity index is 1.60. The van der Waals surface area contributed by atoms with Gasteiger partial charge < -0.3 is 9.73 Å². The van der Waals surface area contributed by atoms with Gasteiger partial charge in [0.1, 0.15) is 12.3 Å². The van der Waals surface area contributed by atoms with Gasteiger partial charge in [0.2, 0.25) is 11.7 Å². The number of thiophene rings is 1. The van der Waals surface area contributed by atoms with E-state index in [1.807, 2.05) is 30.5 Å². The number of nitrogens with one attached hydrogen (secondary N) is 1. The van der Waals surface area contributed by atoms with E-state index >= 15 is 0 Å². The van der Waals surface area contributed by atoms with Gasteiger partial charge in [0.15, 0.2) is 0 Å². The number of rotatable bonds is 5. The topological polar surface area (TPSA) is 85.8 Å². The lowest BCUT2D eigenvalue weighted by molar-refractivity contribution is -0.122. The van der Waals surface area contributed by atoms with Crippen LogP contribution in [0.3, 0.4) is 0 Å². The lowest BCUT2D eigenvalue weighted by atomic mass is 10.2. The van der Waals surface area contributed by atoms with Crippen LogP contribution in [0.25, 0.3) is 10.7 Å². The average Bonchev–Trinajstić information content (AvgIpc) is 3.21. The second-order valence-corrected chi connectivity index (χ2v) is 5.37. The van der Waals surface area contributed by atoms with Crippen molar-refractivity contribution in [3.8, 4) is 10.7 Å². The molecule has 1 N–H and O–H groups in total. The van der Waals surface area contributed by atoms with Crippen molar-refractivity contribution < 1.29 is 9.21 Å². The number of aromatic nitrogens is 4. The molecule has 1 unspecified atom stereocenters. The summed E-state index contributed by atoms with van der Waals surface area (Å²) in [6, 6.07) is 7.22. The molecule has 0 fully saturated rings. The normalized spacial score (nSPS) is 12.2. The molecule has 3 rings (SSSR count). The van der Waals surface area contributed by atoms with Crippen LogP contribution in [0.1, 0.15) is 18.7 Å². The van der Waals surface area contributed by atoms with Gasteiger partial charge in [0, 0.05) is 0 Å². The second-order valence-electron chi connectivity index (χ2n) is 4.43. The highest BCUT2D eigenvalue weighted by atomic mass is 32.1. The zero-order valence-electron chi connectivity index (χ0n) is 11.3. The van der Waals surface area contributed by atoms with Gasteiger partial charge in [-0.05, 0) is 35.7 Å². The zero-order valence-corrected chi connectivity index (χ0v) is 12.1. The van der Waals surface area contributed by atoms with Gasteiger partial charge in [-0.1, -0.05) is 6.07 Å². The Morgan fingerprint density at radius 1 is 1.48 bits per heavy atom. The Morgan fingerprint density at radius 3 is 3.10 bits per heavy atom. The van der Waals surface area contributed by atoms with Gasteiger partial charge in [-0.25, -0.2) is 0 Å². The minimum atomic E-state index is -0.201. The van der Waals surface area contributed by atoms with E-state index in [9.17, 15) is 4.79 Å². The standard InChI is InChI=1S/C13H13N5O2S/c1-9(10-4-2-6-20-10)14-12(19)8-18-16-13(15-17-18)11-5-3-7-21-11/h2-7,9H,8H2,1H3,(H,14,19). The molecule has 8 heteroatoms. The highest BCUT2D eigenvalue weighted by Gasteiger charge is 2.14. The van der Waals surface area contributed by atoms with E-state index in [-0.39, 0.29) is 18.5 Å². The zero-order chi connectivity index (χ0) is 14.7. The fraction of sp³-hybridized carbons (Fsp3) is 0.231. The fourth-order valence-electron chi connectivity index (χ4n) is 1.84. The van der Waals surface area contributed by atoms with Crippen LogP contribution in [0.15, 0.2) is 40.3 Å². The molecule has 3 aromatic heterocycles. The van der Waals surface area contributed by atoms with Crippen molar-refractivity contribution in [1.29, 1.82) is 0 Å². The molecule has 108 valence electrons. The molecule has 0 saturated heterocycles. The van der Waals surface area contributed by atoms with Crippen LogP contribution >= 0.6 is 11.3 Å². The average molecular weight is 303 g/mol. The molecule has 1 amide bonds. The maximum absolute atomic E-state index is 11.9. The van der Waals surface area contributed by atoms with E-state index in [1.165, 1.54) is 16.1 Å². The van der Waals surface area contributed by atoms with E-state index in [1.54, 1.807) is 12.3 Å². The molecule has 0 radical (unpaired) electrons. The highest BCUT2D eigenvalue weighted by Crippen LogP contribution is 2.19. The summed E-state index contributed by atoms with van der Waals surface area (Å²) in [5.74, 6) is 1.03. The first-order valence-corrected chi connectivity index (χ1v) is 7.25. The molecule has 0 aliphatic heterocycles. The van der Waals surface area contributed by atoms with Gasteiger partial charge in [0.05, 0.1) is 17.2 Å². The van der Waals surface area contributed by atoms with Crippen LogP contribution in [0, 0.1) is 0 Å². The number of hydrogen-bond acceptors (Lipinski definition) is 6. The first kappa shape index (κ1) is 13.5. The van der Waals surface area contributed by atoms with E-state index in [0.717, 1.165) is 4.88 Å². The predicted octanol–water partition coefficient (Wildman–Crippen LogP) is 1.87. The van der Waals surface area contributed by atoms with Gasteiger partial charge in [0.25, 0.3) is 0 Å². The summed E-state index contributed by atoms with van der Waals surface area (Å²) < 4.78 is 5.24. The summed E-state index contributed by atoms with van der Waals surface area (Å²) in [6.07, 6.45) is 1.57. The fourth-order valence-corrected chi connectivity index (χ4v) is 2.49. The minimum absolute atomic E-state index is 0.0173. The molecule has 1 atom stereocenters. The number of furan rings is 1. The van der Waals surface area contributed by atoms with Gasteiger partial charge in [-0.2, -0.15) is 4.80 Å². The highest BCUT2D eigenvalue weighted by molar-refractivity contribution is 7.13. The van der Waals surface area contributed by atoms with Crippen LogP contribution in [-0.2, 0) is 11.3 Å². The molecule has 3 aromatic rings. The summed E-state index contributed by atoms with van der Waals surface area (Å²) in [5.41, 5.74) is 0. The number of hydrogen-bond donors (Lipinski definition) is 1. The van der Waals surface area contributed by atoms with Crippen molar-refractivity contribution in [3.05, 3.63) is 41.7 Å². The summed E-state index contributed by atoms with van der Waals surface area (Å²) >= 11 is 1.53. The van der Waals surface area contributed by atoms with Crippen LogP contribution in [-0.4, -0.2) is 26.1 Å². The lowest BCUT2D eigenvalue weighted by Gasteiger charge is -2.10. The Hall–Kier alpha value is -2.48. The first-order chi connectivity index (χ1) is 10.2. The molecule has 0 aliphatic rings. The molecular formula is C13H13N5O2S. The molecule has 7 nitrogen and oxygen atoms in total. The maximum atomic E-state index is 11.9. The van der Waals surface area contributed by atoms with Crippen molar-refractivity contribution >= 4 is 17.2 Å². The summed E-state index contributed by atoms with van der Waals surface area (Å²) in [7, 11) is 0.